The van der Waals surface area contributed by atoms with Gasteiger partial charge in [0.1, 0.15) is 18.1 Å². The second-order valence-electron chi connectivity index (χ2n) is 9.58. The van der Waals surface area contributed by atoms with Gasteiger partial charge in [0.25, 0.3) is 0 Å². The number of hydrogen-bond acceptors (Lipinski definition) is 8. The minimum absolute atomic E-state index is 0.0605. The van der Waals surface area contributed by atoms with Crippen LogP contribution < -0.4 is 33.2 Å². The van der Waals surface area contributed by atoms with E-state index in [4.69, 9.17) is 22.3 Å². The number of nitrogens with two attached hydrogens (primary N) is 3. The number of nitrogens with one attached hydrogen (secondary N) is 4. The summed E-state index contributed by atoms with van der Waals surface area (Å²) in [5.41, 5.74) is 18.0. The molecule has 224 valence electrons. The fourth-order valence-electron chi connectivity index (χ4n) is 4.12. The number of H-pyrrole nitrogens is 1. The van der Waals surface area contributed by atoms with E-state index < -0.39 is 66.2 Å². The molecule has 0 saturated heterocycles. The maximum atomic E-state index is 13.4. The number of hydrogen-bond donors (Lipinski definition) is 9. The van der Waals surface area contributed by atoms with Crippen molar-refractivity contribution in [3.05, 3.63) is 36.0 Å². The number of carboxylic acids is 2. The molecule has 4 unspecified atom stereocenters. The van der Waals surface area contributed by atoms with Crippen molar-refractivity contribution in [2.45, 2.75) is 69.1 Å². The number of carbonyl (C=O) groups excluding carboxylic acids is 4. The molecule has 0 saturated carbocycles. The number of carboxylic acid groups (broad SMARTS) is 2. The van der Waals surface area contributed by atoms with Crippen molar-refractivity contribution in [3.8, 4) is 0 Å². The van der Waals surface area contributed by atoms with Gasteiger partial charge in [-0.1, -0.05) is 18.2 Å². The molecule has 2 rings (SSSR count). The highest BCUT2D eigenvalue weighted by Crippen LogP contribution is 2.19. The van der Waals surface area contributed by atoms with Gasteiger partial charge in [0.05, 0.1) is 12.5 Å². The van der Waals surface area contributed by atoms with E-state index in [0.29, 0.717) is 24.9 Å². The van der Waals surface area contributed by atoms with Crippen LogP contribution in [0.25, 0.3) is 10.9 Å². The number of carbonyl (C=O) groups is 6. The SMILES string of the molecule is NCCCCC(NC(=O)C(CC(N)=O)NC(=O)C(Cc1c[nH]c2ccccc12)NC(=O)C(N)CCC(=O)O)C(=O)O. The van der Waals surface area contributed by atoms with Gasteiger partial charge in [0.15, 0.2) is 0 Å². The minimum atomic E-state index is -1.54. The summed E-state index contributed by atoms with van der Waals surface area (Å²) in [5, 5.41) is 26.3. The van der Waals surface area contributed by atoms with E-state index in [1.54, 1.807) is 18.3 Å². The van der Waals surface area contributed by atoms with Gasteiger partial charge in [0, 0.05) is 29.9 Å². The molecule has 2 aromatic rings. The molecule has 0 spiro atoms. The third-order valence-corrected chi connectivity index (χ3v) is 6.34. The van der Waals surface area contributed by atoms with Crippen LogP contribution in [0.3, 0.4) is 0 Å². The Morgan fingerprint density at radius 3 is 2.12 bits per heavy atom. The molecular formula is C26H37N7O8. The lowest BCUT2D eigenvalue weighted by atomic mass is 10.0. The van der Waals surface area contributed by atoms with Crippen LogP contribution in [0.15, 0.2) is 30.5 Å². The Bertz CT molecular complexity index is 1250. The van der Waals surface area contributed by atoms with E-state index in [0.717, 1.165) is 10.9 Å². The number of amides is 4. The van der Waals surface area contributed by atoms with Gasteiger partial charge in [0.2, 0.25) is 23.6 Å². The van der Waals surface area contributed by atoms with Gasteiger partial charge in [-0.25, -0.2) is 4.79 Å². The lowest BCUT2D eigenvalue weighted by molar-refractivity contribution is -0.142. The molecule has 12 N–H and O–H groups in total. The summed E-state index contributed by atoms with van der Waals surface area (Å²) in [4.78, 5) is 76.5. The zero-order chi connectivity index (χ0) is 30.5. The van der Waals surface area contributed by atoms with Crippen LogP contribution in [0.2, 0.25) is 0 Å². The Labute approximate surface area is 235 Å². The molecular weight excluding hydrogens is 538 g/mol. The fourth-order valence-corrected chi connectivity index (χ4v) is 4.12. The molecule has 0 aliphatic rings. The van der Waals surface area contributed by atoms with E-state index in [-0.39, 0.29) is 25.7 Å². The Kier molecular flexibility index (Phi) is 12.7. The monoisotopic (exact) mass is 575 g/mol. The van der Waals surface area contributed by atoms with Crippen LogP contribution in [0.1, 0.15) is 44.1 Å². The first-order valence-corrected chi connectivity index (χ1v) is 13.1. The van der Waals surface area contributed by atoms with E-state index in [1.165, 1.54) is 0 Å². The summed E-state index contributed by atoms with van der Waals surface area (Å²) >= 11 is 0. The lowest BCUT2D eigenvalue weighted by Crippen LogP contribution is -2.58. The first kappa shape index (κ1) is 32.7. The van der Waals surface area contributed by atoms with Crippen molar-refractivity contribution >= 4 is 46.5 Å². The van der Waals surface area contributed by atoms with Crippen molar-refractivity contribution < 1.29 is 39.0 Å². The number of benzene rings is 1. The maximum Gasteiger partial charge on any atom is 0.326 e. The molecule has 15 nitrogen and oxygen atoms in total. The molecule has 0 fully saturated rings. The maximum absolute atomic E-state index is 13.4. The predicted molar refractivity (Wildman–Crippen MR) is 147 cm³/mol. The third-order valence-electron chi connectivity index (χ3n) is 6.34. The standard InChI is InChI=1S/C26H37N7O8/c27-10-4-3-7-18(26(40)41)31-25(39)20(12-21(29)34)33-24(38)19(32-23(37)16(28)8-9-22(35)36)11-14-13-30-17-6-2-1-5-15(14)17/h1-2,5-6,13,16,18-20,30H,3-4,7-12,27-28H2,(H2,29,34)(H,31,39)(H,32,37)(H,33,38)(H,35,36)(H,40,41). The fraction of sp³-hybridized carbons (Fsp3) is 0.462. The zero-order valence-corrected chi connectivity index (χ0v) is 22.4. The van der Waals surface area contributed by atoms with Gasteiger partial charge >= 0.3 is 11.9 Å². The Morgan fingerprint density at radius 1 is 0.854 bits per heavy atom. The molecule has 1 aromatic carbocycles. The van der Waals surface area contributed by atoms with E-state index in [9.17, 15) is 33.9 Å². The van der Waals surface area contributed by atoms with Crippen molar-refractivity contribution in [2.75, 3.05) is 6.54 Å². The largest absolute Gasteiger partial charge is 0.481 e. The topological polar surface area (TPSA) is 273 Å². The molecule has 41 heavy (non-hydrogen) atoms. The second-order valence-corrected chi connectivity index (χ2v) is 9.58. The third kappa shape index (κ3) is 10.5. The predicted octanol–water partition coefficient (Wildman–Crippen LogP) is -1.55. The van der Waals surface area contributed by atoms with E-state index >= 15 is 0 Å². The minimum Gasteiger partial charge on any atom is -0.481 e. The summed E-state index contributed by atoms with van der Waals surface area (Å²) in [7, 11) is 0. The Hall–Kier alpha value is -4.50. The molecule has 4 atom stereocenters. The van der Waals surface area contributed by atoms with Crippen molar-refractivity contribution in [1.82, 2.24) is 20.9 Å². The molecule has 15 heteroatoms. The first-order chi connectivity index (χ1) is 19.4. The average Bonchev–Trinajstić information content (AvgIpc) is 3.32. The molecule has 1 aromatic heterocycles. The van der Waals surface area contributed by atoms with Crippen LogP contribution >= 0.6 is 0 Å². The molecule has 4 amide bonds. The molecule has 0 radical (unpaired) electrons. The van der Waals surface area contributed by atoms with E-state index in [2.05, 4.69) is 20.9 Å². The van der Waals surface area contributed by atoms with Crippen LogP contribution in [0, 0.1) is 0 Å². The van der Waals surface area contributed by atoms with Gasteiger partial charge in [-0.15, -0.1) is 0 Å². The zero-order valence-electron chi connectivity index (χ0n) is 22.4. The first-order valence-electron chi connectivity index (χ1n) is 13.1. The van der Waals surface area contributed by atoms with Crippen molar-refractivity contribution in [3.63, 3.8) is 0 Å². The Morgan fingerprint density at radius 2 is 1.49 bits per heavy atom. The number of para-hydroxylation sites is 1. The quantitative estimate of drug-likeness (QED) is 0.0922. The van der Waals surface area contributed by atoms with Gasteiger partial charge in [-0.05, 0) is 43.9 Å². The van der Waals surface area contributed by atoms with Crippen molar-refractivity contribution in [2.24, 2.45) is 17.2 Å². The second kappa shape index (κ2) is 15.9. The van der Waals surface area contributed by atoms with E-state index in [1.807, 2.05) is 12.1 Å². The van der Waals surface area contributed by atoms with Crippen LogP contribution in [-0.2, 0) is 35.2 Å². The highest BCUT2D eigenvalue weighted by molar-refractivity contribution is 5.96. The number of rotatable bonds is 18. The molecule has 1 heterocycles. The number of aromatic amines is 1. The number of aliphatic carboxylic acids is 2. The van der Waals surface area contributed by atoms with Crippen LogP contribution in [0.5, 0.6) is 0 Å². The van der Waals surface area contributed by atoms with Gasteiger partial charge in [-0.3, -0.25) is 24.0 Å². The average molecular weight is 576 g/mol. The molecule has 0 bridgehead atoms. The summed E-state index contributed by atoms with van der Waals surface area (Å²) in [6.07, 6.45) is 1.41. The van der Waals surface area contributed by atoms with Gasteiger partial charge in [-0.2, -0.15) is 0 Å². The summed E-state index contributed by atoms with van der Waals surface area (Å²) in [6.45, 7) is 0.337. The van der Waals surface area contributed by atoms with Gasteiger partial charge < -0.3 is 48.3 Å². The van der Waals surface area contributed by atoms with Crippen LogP contribution in [-0.4, -0.2) is 81.5 Å². The number of unbranched alkanes of at least 4 members (excludes halogenated alkanes) is 1. The Balaban J connectivity index is 2.27. The normalized spacial score (nSPS) is 13.9. The highest BCUT2D eigenvalue weighted by Gasteiger charge is 2.31. The smallest absolute Gasteiger partial charge is 0.326 e. The summed E-state index contributed by atoms with van der Waals surface area (Å²) < 4.78 is 0. The lowest BCUT2D eigenvalue weighted by Gasteiger charge is -2.25. The van der Waals surface area contributed by atoms with Crippen molar-refractivity contribution in [1.29, 1.82) is 0 Å². The summed E-state index contributed by atoms with van der Waals surface area (Å²) in [5.74, 6) is -6.01. The number of aromatic nitrogens is 1. The highest BCUT2D eigenvalue weighted by atomic mass is 16.4. The summed E-state index contributed by atoms with van der Waals surface area (Å²) in [6, 6.07) is 1.83. The van der Waals surface area contributed by atoms with Crippen LogP contribution in [0.4, 0.5) is 0 Å². The number of primary amides is 1. The number of fused-ring (bicyclic) bond motifs is 1. The molecule has 0 aliphatic carbocycles. The molecule has 0 aliphatic heterocycles.